The molecule has 0 radical (unpaired) electrons. The summed E-state index contributed by atoms with van der Waals surface area (Å²) in [4.78, 5) is 15.4. The van der Waals surface area contributed by atoms with Crippen molar-refractivity contribution in [2.75, 3.05) is 40.8 Å². The first-order valence-corrected chi connectivity index (χ1v) is 15.1. The number of carbonyl (C=O) groups excluding carboxylic acids is 1. The summed E-state index contributed by atoms with van der Waals surface area (Å²) in [5.41, 5.74) is 14.0. The van der Waals surface area contributed by atoms with Crippen molar-refractivity contribution < 1.29 is 4.79 Å². The smallest absolute Gasteiger partial charge is 0.253 e. The number of amides is 1. The van der Waals surface area contributed by atoms with Crippen LogP contribution in [0.15, 0.2) is 89.5 Å². The van der Waals surface area contributed by atoms with Gasteiger partial charge in [-0.2, -0.15) is 5.26 Å². The molecule has 4 rings (SSSR count). The van der Waals surface area contributed by atoms with Gasteiger partial charge >= 0.3 is 0 Å². The van der Waals surface area contributed by atoms with Crippen molar-refractivity contribution in [2.24, 2.45) is 5.73 Å². The fraction of sp³-hybridized carbons (Fsp3) is 0.471. The number of nitrogens with zero attached hydrogens (tertiary/aromatic N) is 4. The number of nitrogens with one attached hydrogen (secondary N) is 2. The molecule has 0 spiro atoms. The molecular formula is C34H53N7O. The number of hydrogen-bond acceptors (Lipinski definition) is 7. The third-order valence-electron chi connectivity index (χ3n) is 6.99. The van der Waals surface area contributed by atoms with Gasteiger partial charge in [0.05, 0.1) is 11.9 Å². The number of allylic oxidation sites excluding steroid dienone is 4. The third kappa shape index (κ3) is 10.9. The zero-order valence-electron chi connectivity index (χ0n) is 27.1. The van der Waals surface area contributed by atoms with Crippen LogP contribution in [-0.2, 0) is 0 Å². The molecule has 0 saturated carbocycles. The van der Waals surface area contributed by atoms with E-state index >= 15 is 0 Å². The highest BCUT2D eigenvalue weighted by Gasteiger charge is 2.24. The Bertz CT molecular complexity index is 1160. The largest absolute Gasteiger partial charge is 0.386 e. The molecule has 3 aliphatic rings. The summed E-state index contributed by atoms with van der Waals surface area (Å²) in [6.45, 7) is 17.3. The highest BCUT2D eigenvalue weighted by molar-refractivity contribution is 5.93. The summed E-state index contributed by atoms with van der Waals surface area (Å²) >= 11 is 0. The number of piperidine rings is 1. The number of dihydropyridines is 1. The third-order valence-corrected chi connectivity index (χ3v) is 6.99. The molecule has 8 nitrogen and oxygen atoms in total. The number of likely N-dealkylation sites (tertiary alicyclic amines) is 1. The van der Waals surface area contributed by atoms with Gasteiger partial charge in [-0.1, -0.05) is 71.0 Å². The van der Waals surface area contributed by atoms with Crippen molar-refractivity contribution in [3.05, 3.63) is 95.0 Å². The average molecular weight is 576 g/mol. The van der Waals surface area contributed by atoms with Crippen LogP contribution in [-0.4, -0.2) is 73.6 Å². The van der Waals surface area contributed by atoms with Crippen LogP contribution in [0.5, 0.6) is 0 Å². The zero-order chi connectivity index (χ0) is 31.7. The SMILES string of the molecule is C=C1/C=C(/CN2CCCCC2C)N(C)NC/C=C\1C1=CC=C(N)NC1C#N.CC.CC.CN(C)C(=O)c1ccccc1. The molecule has 2 unspecified atom stereocenters. The predicted octanol–water partition coefficient (Wildman–Crippen LogP) is 5.34. The van der Waals surface area contributed by atoms with Gasteiger partial charge in [0.2, 0.25) is 0 Å². The second-order valence-electron chi connectivity index (χ2n) is 10.0. The van der Waals surface area contributed by atoms with Crippen LogP contribution in [0.1, 0.15) is 64.2 Å². The van der Waals surface area contributed by atoms with E-state index in [4.69, 9.17) is 5.73 Å². The number of hydrazine groups is 1. The fourth-order valence-corrected chi connectivity index (χ4v) is 4.70. The number of carbonyl (C=O) groups is 1. The maximum absolute atomic E-state index is 11.3. The minimum atomic E-state index is -0.464. The Morgan fingerprint density at radius 2 is 1.81 bits per heavy atom. The topological polar surface area (TPSA) is 101 Å². The number of nitriles is 1. The Kier molecular flexibility index (Phi) is 16.7. The van der Waals surface area contributed by atoms with Gasteiger partial charge in [-0.15, -0.1) is 0 Å². The van der Waals surface area contributed by atoms with E-state index in [1.54, 1.807) is 25.1 Å². The molecule has 1 aromatic rings. The molecule has 3 heterocycles. The molecule has 1 fully saturated rings. The Morgan fingerprint density at radius 3 is 2.40 bits per heavy atom. The zero-order valence-corrected chi connectivity index (χ0v) is 27.1. The Morgan fingerprint density at radius 1 is 1.14 bits per heavy atom. The molecule has 1 amide bonds. The Balaban J connectivity index is 0.000000491. The quantitative estimate of drug-likeness (QED) is 0.446. The lowest BCUT2D eigenvalue weighted by atomic mass is 9.90. The molecule has 0 bridgehead atoms. The first kappa shape index (κ1) is 36.2. The van der Waals surface area contributed by atoms with Crippen LogP contribution in [0.2, 0.25) is 0 Å². The van der Waals surface area contributed by atoms with Crippen molar-refractivity contribution in [1.29, 1.82) is 5.26 Å². The molecule has 8 heteroatoms. The molecule has 3 aliphatic heterocycles. The standard InChI is InChI=1S/C21H30N6.C9H11NO.2C2H6/c1-15-12-17(14-27-11-5-4-6-16(27)2)26(3)24-10-9-18(15)19-7-8-21(23)25-20(19)13-22;1-10(2)9(11)8-6-4-3-5-7-8;2*1-2/h7-9,12,16,20,24-25H,1,4-6,10-11,14,23H2,2-3H3;3-7H,1-2H3;2*1-2H3/b17-12-,18-9+;;;. The minimum absolute atomic E-state index is 0.0469. The molecule has 1 saturated heterocycles. The summed E-state index contributed by atoms with van der Waals surface area (Å²) in [7, 11) is 5.54. The lowest BCUT2D eigenvalue weighted by molar-refractivity contribution is 0.0827. The summed E-state index contributed by atoms with van der Waals surface area (Å²) < 4.78 is 0. The van der Waals surface area contributed by atoms with Crippen molar-refractivity contribution in [1.82, 2.24) is 25.6 Å². The van der Waals surface area contributed by atoms with E-state index in [1.165, 1.54) is 25.0 Å². The molecule has 4 N–H and O–H groups in total. The molecule has 0 aromatic heterocycles. The van der Waals surface area contributed by atoms with E-state index in [0.717, 1.165) is 35.4 Å². The van der Waals surface area contributed by atoms with E-state index in [-0.39, 0.29) is 5.91 Å². The fourth-order valence-electron chi connectivity index (χ4n) is 4.70. The predicted molar refractivity (Wildman–Crippen MR) is 176 cm³/mol. The normalized spacial score (nSPS) is 22.7. The highest BCUT2D eigenvalue weighted by atomic mass is 16.2. The summed E-state index contributed by atoms with van der Waals surface area (Å²) in [6.07, 6.45) is 11.8. The first-order valence-electron chi connectivity index (χ1n) is 15.1. The highest BCUT2D eigenvalue weighted by Crippen LogP contribution is 2.27. The van der Waals surface area contributed by atoms with Crippen LogP contribution in [0.25, 0.3) is 0 Å². The number of likely N-dealkylation sites (N-methyl/N-ethyl adjacent to an activating group) is 1. The van der Waals surface area contributed by atoms with E-state index in [0.29, 0.717) is 18.4 Å². The molecule has 230 valence electrons. The summed E-state index contributed by atoms with van der Waals surface area (Å²) in [5, 5.41) is 14.6. The molecular weight excluding hydrogens is 522 g/mol. The molecule has 2 atom stereocenters. The van der Waals surface area contributed by atoms with Crippen molar-refractivity contribution in [3.63, 3.8) is 0 Å². The number of nitrogens with two attached hydrogens (primary N) is 1. The second-order valence-corrected chi connectivity index (χ2v) is 10.0. The van der Waals surface area contributed by atoms with Crippen LogP contribution < -0.4 is 16.5 Å². The maximum atomic E-state index is 11.3. The average Bonchev–Trinajstić information content (AvgIpc) is 3.01. The van der Waals surface area contributed by atoms with Crippen LogP contribution in [0.3, 0.4) is 0 Å². The Hall–Kier alpha value is -3.80. The van der Waals surface area contributed by atoms with Gasteiger partial charge < -0.3 is 21.0 Å². The van der Waals surface area contributed by atoms with Gasteiger partial charge in [-0.25, -0.2) is 5.43 Å². The van der Waals surface area contributed by atoms with Crippen molar-refractivity contribution in [3.8, 4) is 6.07 Å². The van der Waals surface area contributed by atoms with Gasteiger partial charge in [-0.05, 0) is 67.3 Å². The Labute approximate surface area is 254 Å². The van der Waals surface area contributed by atoms with E-state index in [1.807, 2.05) is 64.1 Å². The van der Waals surface area contributed by atoms with Gasteiger partial charge in [0.15, 0.2) is 0 Å². The molecule has 42 heavy (non-hydrogen) atoms. The lowest BCUT2D eigenvalue weighted by Crippen LogP contribution is -2.44. The van der Waals surface area contributed by atoms with Crippen molar-refractivity contribution >= 4 is 5.91 Å². The molecule has 0 aliphatic carbocycles. The first-order chi connectivity index (χ1) is 20.2. The van der Waals surface area contributed by atoms with E-state index in [2.05, 4.69) is 59.4 Å². The van der Waals surface area contributed by atoms with E-state index in [9.17, 15) is 10.1 Å². The summed E-state index contributed by atoms with van der Waals surface area (Å²) in [6, 6.07) is 11.7. The lowest BCUT2D eigenvalue weighted by Gasteiger charge is -2.36. The minimum Gasteiger partial charge on any atom is -0.386 e. The van der Waals surface area contributed by atoms with Crippen LogP contribution in [0, 0.1) is 11.3 Å². The van der Waals surface area contributed by atoms with Crippen molar-refractivity contribution in [2.45, 2.75) is 66.0 Å². The van der Waals surface area contributed by atoms with Crippen LogP contribution >= 0.6 is 0 Å². The van der Waals surface area contributed by atoms with Gasteiger partial charge in [0.25, 0.3) is 5.91 Å². The van der Waals surface area contributed by atoms with Crippen LogP contribution in [0.4, 0.5) is 0 Å². The number of hydrogen-bond donors (Lipinski definition) is 3. The second kappa shape index (κ2) is 19.3. The monoisotopic (exact) mass is 575 g/mol. The molecule has 1 aromatic carbocycles. The maximum Gasteiger partial charge on any atom is 0.253 e. The number of benzene rings is 1. The number of rotatable bonds is 4. The summed E-state index contributed by atoms with van der Waals surface area (Å²) in [5.74, 6) is 0.557. The van der Waals surface area contributed by atoms with Gasteiger partial charge in [0.1, 0.15) is 6.04 Å². The van der Waals surface area contributed by atoms with Gasteiger partial charge in [0, 0.05) is 51.5 Å². The van der Waals surface area contributed by atoms with Gasteiger partial charge in [-0.3, -0.25) is 9.69 Å². The van der Waals surface area contributed by atoms with E-state index < -0.39 is 6.04 Å².